The molecular formula is C26H28N4O3. The fraction of sp³-hybridized carbons (Fsp3) is 0.346. The molecule has 0 saturated carbocycles. The highest BCUT2D eigenvalue weighted by molar-refractivity contribution is 5.95. The van der Waals surface area contributed by atoms with Crippen LogP contribution in [0.3, 0.4) is 0 Å². The highest BCUT2D eigenvalue weighted by atomic mass is 16.2. The number of para-hydroxylation sites is 1. The highest BCUT2D eigenvalue weighted by Gasteiger charge is 2.28. The van der Waals surface area contributed by atoms with Crippen molar-refractivity contribution in [1.29, 1.82) is 0 Å². The number of hydrogen-bond acceptors (Lipinski definition) is 4. The van der Waals surface area contributed by atoms with E-state index in [1.54, 1.807) is 0 Å². The Morgan fingerprint density at radius 1 is 0.879 bits per heavy atom. The Balaban J connectivity index is 1.27. The van der Waals surface area contributed by atoms with Crippen molar-refractivity contribution in [2.45, 2.75) is 57.4 Å². The molecule has 0 fully saturated rings. The van der Waals surface area contributed by atoms with Crippen molar-refractivity contribution in [2.75, 3.05) is 10.6 Å². The molecule has 0 aromatic heterocycles. The summed E-state index contributed by atoms with van der Waals surface area (Å²) in [6.07, 6.45) is 5.48. The van der Waals surface area contributed by atoms with Gasteiger partial charge in [0.2, 0.25) is 11.8 Å². The van der Waals surface area contributed by atoms with E-state index in [1.165, 1.54) is 0 Å². The Kier molecular flexibility index (Phi) is 7.40. The summed E-state index contributed by atoms with van der Waals surface area (Å²) in [7, 11) is 0. The molecule has 33 heavy (non-hydrogen) atoms. The summed E-state index contributed by atoms with van der Waals surface area (Å²) in [4.78, 5) is 36.4. The van der Waals surface area contributed by atoms with Gasteiger partial charge in [0, 0.05) is 36.2 Å². The maximum absolute atomic E-state index is 12.4. The van der Waals surface area contributed by atoms with Crippen LogP contribution in [0, 0.1) is 0 Å². The molecule has 1 atom stereocenters. The molecule has 1 heterocycles. The standard InChI is InChI=1S/C26H28N4O3/c31-24(27-19-9-2-1-3-10-19)14-7-15-25(32)28-20-11-6-8-18(16-20)17-23-21-12-4-5-13-22(21)26(33)30-29-23/h1-3,6,8-11,16,23H,4-5,7,12-15,17H2,(H,27,31)(H,28,32). The number of carbonyl (C=O) groups excluding carboxylic acids is 3. The van der Waals surface area contributed by atoms with E-state index in [0.717, 1.165) is 48.1 Å². The van der Waals surface area contributed by atoms with Crippen molar-refractivity contribution in [3.05, 3.63) is 71.3 Å². The van der Waals surface area contributed by atoms with Crippen LogP contribution in [0.1, 0.15) is 50.5 Å². The fourth-order valence-corrected chi connectivity index (χ4v) is 4.33. The number of nitrogens with one attached hydrogen (secondary N) is 2. The zero-order valence-electron chi connectivity index (χ0n) is 18.5. The van der Waals surface area contributed by atoms with Crippen molar-refractivity contribution in [1.82, 2.24) is 0 Å². The minimum atomic E-state index is -0.181. The minimum absolute atomic E-state index is 0.104. The van der Waals surface area contributed by atoms with Crippen LogP contribution in [0.15, 0.2) is 76.0 Å². The molecule has 2 aliphatic rings. The molecule has 0 spiro atoms. The summed E-state index contributed by atoms with van der Waals surface area (Å²) >= 11 is 0. The monoisotopic (exact) mass is 444 g/mol. The third kappa shape index (κ3) is 6.22. The molecule has 7 nitrogen and oxygen atoms in total. The molecule has 2 aromatic rings. The first-order valence-corrected chi connectivity index (χ1v) is 11.5. The molecule has 4 rings (SSSR count). The van der Waals surface area contributed by atoms with Gasteiger partial charge in [0.15, 0.2) is 0 Å². The first-order valence-electron chi connectivity index (χ1n) is 11.5. The van der Waals surface area contributed by atoms with Crippen LogP contribution in [-0.2, 0) is 20.8 Å². The molecule has 3 amide bonds. The average molecular weight is 445 g/mol. The molecule has 7 heteroatoms. The zero-order valence-corrected chi connectivity index (χ0v) is 18.5. The van der Waals surface area contributed by atoms with E-state index in [0.29, 0.717) is 18.5 Å². The Bertz CT molecular complexity index is 1090. The number of hydrogen-bond donors (Lipinski definition) is 2. The van der Waals surface area contributed by atoms with Crippen LogP contribution in [0.4, 0.5) is 11.4 Å². The average Bonchev–Trinajstić information content (AvgIpc) is 2.82. The lowest BCUT2D eigenvalue weighted by Gasteiger charge is -2.25. The van der Waals surface area contributed by atoms with E-state index in [4.69, 9.17) is 0 Å². The lowest BCUT2D eigenvalue weighted by molar-refractivity contribution is -0.118. The molecule has 2 N–H and O–H groups in total. The molecule has 0 radical (unpaired) electrons. The SMILES string of the molecule is O=C(CCCC(=O)Nc1cccc(CC2N=NC(=O)C3=C2CCCC3)c1)Nc1ccccc1. The van der Waals surface area contributed by atoms with E-state index in [9.17, 15) is 14.4 Å². The lowest BCUT2D eigenvalue weighted by Crippen LogP contribution is -2.23. The molecule has 0 saturated heterocycles. The fourth-order valence-electron chi connectivity index (χ4n) is 4.33. The van der Waals surface area contributed by atoms with Gasteiger partial charge in [0.1, 0.15) is 0 Å². The van der Waals surface area contributed by atoms with Crippen LogP contribution in [0.5, 0.6) is 0 Å². The predicted molar refractivity (Wildman–Crippen MR) is 127 cm³/mol. The predicted octanol–water partition coefficient (Wildman–Crippen LogP) is 5.21. The Hall–Kier alpha value is -3.61. The molecule has 0 bridgehead atoms. The second-order valence-electron chi connectivity index (χ2n) is 8.47. The van der Waals surface area contributed by atoms with Crippen LogP contribution in [0.25, 0.3) is 0 Å². The number of azo groups is 1. The first kappa shape index (κ1) is 22.6. The first-order chi connectivity index (χ1) is 16.1. The third-order valence-electron chi connectivity index (χ3n) is 5.96. The van der Waals surface area contributed by atoms with Gasteiger partial charge in [-0.2, -0.15) is 5.11 Å². The summed E-state index contributed by atoms with van der Waals surface area (Å²) in [5.74, 6) is -0.410. The topological polar surface area (TPSA) is 100.0 Å². The molecule has 1 unspecified atom stereocenters. The van der Waals surface area contributed by atoms with Crippen LogP contribution >= 0.6 is 0 Å². The van der Waals surface area contributed by atoms with E-state index < -0.39 is 0 Å². The summed E-state index contributed by atoms with van der Waals surface area (Å²) < 4.78 is 0. The molecule has 2 aromatic carbocycles. The maximum atomic E-state index is 12.4. The summed E-state index contributed by atoms with van der Waals surface area (Å²) in [5.41, 5.74) is 4.48. The maximum Gasteiger partial charge on any atom is 0.291 e. The number of rotatable bonds is 8. The number of nitrogens with zero attached hydrogens (tertiary/aromatic N) is 2. The van der Waals surface area contributed by atoms with Crippen molar-refractivity contribution in [3.63, 3.8) is 0 Å². The molecular weight excluding hydrogens is 416 g/mol. The molecule has 170 valence electrons. The van der Waals surface area contributed by atoms with Gasteiger partial charge in [-0.1, -0.05) is 30.3 Å². The zero-order chi connectivity index (χ0) is 23.0. The minimum Gasteiger partial charge on any atom is -0.326 e. The van der Waals surface area contributed by atoms with Gasteiger partial charge in [-0.05, 0) is 67.5 Å². The van der Waals surface area contributed by atoms with Gasteiger partial charge < -0.3 is 10.6 Å². The Labute approximate surface area is 193 Å². The van der Waals surface area contributed by atoms with Crippen molar-refractivity contribution in [3.8, 4) is 0 Å². The molecule has 1 aliphatic carbocycles. The lowest BCUT2D eigenvalue weighted by atomic mass is 9.84. The van der Waals surface area contributed by atoms with E-state index in [-0.39, 0.29) is 36.6 Å². The van der Waals surface area contributed by atoms with Gasteiger partial charge in [-0.3, -0.25) is 14.4 Å². The van der Waals surface area contributed by atoms with Crippen LogP contribution in [0.2, 0.25) is 0 Å². The van der Waals surface area contributed by atoms with Crippen molar-refractivity contribution < 1.29 is 14.4 Å². The van der Waals surface area contributed by atoms with Crippen LogP contribution in [-0.4, -0.2) is 23.8 Å². The van der Waals surface area contributed by atoms with Crippen molar-refractivity contribution >= 4 is 29.1 Å². The van der Waals surface area contributed by atoms with Crippen molar-refractivity contribution in [2.24, 2.45) is 10.2 Å². The van der Waals surface area contributed by atoms with E-state index in [2.05, 4.69) is 20.9 Å². The second-order valence-corrected chi connectivity index (χ2v) is 8.47. The summed E-state index contributed by atoms with van der Waals surface area (Å²) in [6, 6.07) is 16.9. The Morgan fingerprint density at radius 3 is 2.36 bits per heavy atom. The molecule has 1 aliphatic heterocycles. The second kappa shape index (κ2) is 10.8. The summed E-state index contributed by atoms with van der Waals surface area (Å²) in [5, 5.41) is 13.9. The van der Waals surface area contributed by atoms with Gasteiger partial charge in [-0.25, -0.2) is 0 Å². The number of anilines is 2. The Morgan fingerprint density at radius 2 is 1.58 bits per heavy atom. The third-order valence-corrected chi connectivity index (χ3v) is 5.96. The number of carbonyl (C=O) groups is 3. The van der Waals surface area contributed by atoms with Gasteiger partial charge in [-0.15, -0.1) is 5.11 Å². The van der Waals surface area contributed by atoms with E-state index in [1.807, 2.05) is 54.6 Å². The smallest absolute Gasteiger partial charge is 0.291 e. The van der Waals surface area contributed by atoms with Gasteiger partial charge >= 0.3 is 0 Å². The number of benzene rings is 2. The highest BCUT2D eigenvalue weighted by Crippen LogP contribution is 2.33. The van der Waals surface area contributed by atoms with Crippen LogP contribution < -0.4 is 10.6 Å². The number of amides is 3. The van der Waals surface area contributed by atoms with Gasteiger partial charge in [0.25, 0.3) is 5.91 Å². The normalized spacial score (nSPS) is 17.5. The summed E-state index contributed by atoms with van der Waals surface area (Å²) in [6.45, 7) is 0. The van der Waals surface area contributed by atoms with E-state index >= 15 is 0 Å². The quantitative estimate of drug-likeness (QED) is 0.585. The largest absolute Gasteiger partial charge is 0.326 e. The van der Waals surface area contributed by atoms with Gasteiger partial charge in [0.05, 0.1) is 6.04 Å².